The van der Waals surface area contributed by atoms with Gasteiger partial charge >= 0.3 is 0 Å². The van der Waals surface area contributed by atoms with E-state index in [2.05, 4.69) is 39.5 Å². The minimum atomic E-state index is 0.256. The van der Waals surface area contributed by atoms with Gasteiger partial charge in [-0.05, 0) is 47.1 Å². The van der Waals surface area contributed by atoms with Crippen molar-refractivity contribution in [3.05, 3.63) is 0 Å². The summed E-state index contributed by atoms with van der Waals surface area (Å²) in [6.07, 6.45) is 5.70. The number of hydrogen-bond donors (Lipinski definition) is 0. The first-order valence-corrected chi connectivity index (χ1v) is 6.89. The summed E-state index contributed by atoms with van der Waals surface area (Å²) in [4.78, 5) is 2.62. The Kier molecular flexibility index (Phi) is 5.26. The fraction of sp³-hybridized carbons (Fsp3) is 1.00. The maximum atomic E-state index is 5.93. The summed E-state index contributed by atoms with van der Waals surface area (Å²) in [6.45, 7) is 13.3. The van der Waals surface area contributed by atoms with Gasteiger partial charge in [0, 0.05) is 18.2 Å². The number of rotatable bonds is 4. The molecule has 0 aliphatic heterocycles. The quantitative estimate of drug-likeness (QED) is 0.729. The lowest BCUT2D eigenvalue weighted by atomic mass is 9.88. The molecule has 1 rings (SSSR count). The molecule has 1 unspecified atom stereocenters. The minimum Gasteiger partial charge on any atom is -0.377 e. The van der Waals surface area contributed by atoms with Crippen LogP contribution in [-0.4, -0.2) is 35.7 Å². The maximum absolute atomic E-state index is 5.93. The highest BCUT2D eigenvalue weighted by Gasteiger charge is 2.34. The molecule has 96 valence electrons. The van der Waals surface area contributed by atoms with Crippen LogP contribution < -0.4 is 0 Å². The second kappa shape index (κ2) is 6.02. The summed E-state index contributed by atoms with van der Waals surface area (Å²) in [5.41, 5.74) is 0.256. The Morgan fingerprint density at radius 1 is 1.12 bits per heavy atom. The summed E-state index contributed by atoms with van der Waals surface area (Å²) in [5.74, 6) is 0. The van der Waals surface area contributed by atoms with Gasteiger partial charge in [0.05, 0.1) is 6.10 Å². The van der Waals surface area contributed by atoms with E-state index in [-0.39, 0.29) is 5.54 Å². The zero-order valence-electron chi connectivity index (χ0n) is 11.8. The molecule has 0 amide bonds. The summed E-state index contributed by atoms with van der Waals surface area (Å²) in [7, 11) is 0. The van der Waals surface area contributed by atoms with Crippen LogP contribution in [0, 0.1) is 0 Å². The molecule has 0 N–H and O–H groups in total. The van der Waals surface area contributed by atoms with E-state index < -0.39 is 0 Å². The van der Waals surface area contributed by atoms with Gasteiger partial charge in [-0.25, -0.2) is 0 Å². The van der Waals surface area contributed by atoms with Crippen LogP contribution in [-0.2, 0) is 4.74 Å². The van der Waals surface area contributed by atoms with E-state index in [1.165, 1.54) is 25.7 Å². The molecule has 0 bridgehead atoms. The van der Waals surface area contributed by atoms with Crippen LogP contribution in [0.25, 0.3) is 0 Å². The lowest BCUT2D eigenvalue weighted by Gasteiger charge is -2.46. The number of likely N-dealkylation sites (N-methyl/N-ethyl adjacent to an activating group) is 1. The number of hydrogen-bond acceptors (Lipinski definition) is 2. The third kappa shape index (κ3) is 3.46. The molecule has 1 fully saturated rings. The summed E-state index contributed by atoms with van der Waals surface area (Å²) in [6, 6.07) is 0.624. The van der Waals surface area contributed by atoms with Crippen molar-refractivity contribution in [2.75, 3.05) is 13.2 Å². The van der Waals surface area contributed by atoms with E-state index in [9.17, 15) is 0 Å². The fourth-order valence-electron chi connectivity index (χ4n) is 3.05. The summed E-state index contributed by atoms with van der Waals surface area (Å²) in [5, 5.41) is 0. The van der Waals surface area contributed by atoms with Crippen LogP contribution in [0.5, 0.6) is 0 Å². The molecule has 0 aromatic rings. The van der Waals surface area contributed by atoms with Gasteiger partial charge in [0.1, 0.15) is 0 Å². The van der Waals surface area contributed by atoms with Crippen molar-refractivity contribution in [3.63, 3.8) is 0 Å². The summed E-state index contributed by atoms with van der Waals surface area (Å²) >= 11 is 0. The Morgan fingerprint density at radius 2 is 1.75 bits per heavy atom. The highest BCUT2D eigenvalue weighted by atomic mass is 16.5. The fourth-order valence-corrected chi connectivity index (χ4v) is 3.05. The Hall–Kier alpha value is -0.0800. The lowest BCUT2D eigenvalue weighted by Crippen LogP contribution is -2.54. The molecule has 0 aromatic heterocycles. The molecule has 16 heavy (non-hydrogen) atoms. The topological polar surface area (TPSA) is 12.5 Å². The molecule has 0 spiro atoms. The smallest absolute Gasteiger partial charge is 0.0730 e. The Labute approximate surface area is 101 Å². The van der Waals surface area contributed by atoms with Crippen molar-refractivity contribution in [1.82, 2.24) is 4.90 Å². The van der Waals surface area contributed by atoms with Gasteiger partial charge < -0.3 is 4.74 Å². The Balaban J connectivity index is 2.71. The molecule has 1 aliphatic carbocycles. The van der Waals surface area contributed by atoms with Gasteiger partial charge in [0.25, 0.3) is 0 Å². The highest BCUT2D eigenvalue weighted by molar-refractivity contribution is 4.89. The van der Waals surface area contributed by atoms with Gasteiger partial charge in [-0.1, -0.05) is 19.8 Å². The normalized spacial score (nSPS) is 27.4. The average molecular weight is 227 g/mol. The molecule has 2 nitrogen and oxygen atoms in total. The second-order valence-corrected chi connectivity index (χ2v) is 5.80. The van der Waals surface area contributed by atoms with Crippen LogP contribution in [0.1, 0.15) is 60.3 Å². The van der Waals surface area contributed by atoms with E-state index in [0.29, 0.717) is 12.1 Å². The van der Waals surface area contributed by atoms with E-state index in [4.69, 9.17) is 4.74 Å². The molecule has 0 radical (unpaired) electrons. The average Bonchev–Trinajstić information content (AvgIpc) is 2.20. The van der Waals surface area contributed by atoms with E-state index in [0.717, 1.165) is 13.2 Å². The van der Waals surface area contributed by atoms with Crippen LogP contribution in [0.3, 0.4) is 0 Å². The van der Waals surface area contributed by atoms with Gasteiger partial charge in [-0.3, -0.25) is 4.90 Å². The highest BCUT2D eigenvalue weighted by Crippen LogP contribution is 2.29. The third-order valence-corrected chi connectivity index (χ3v) is 3.65. The zero-order valence-corrected chi connectivity index (χ0v) is 11.8. The van der Waals surface area contributed by atoms with E-state index >= 15 is 0 Å². The maximum Gasteiger partial charge on any atom is 0.0730 e. The van der Waals surface area contributed by atoms with Crippen LogP contribution in [0.2, 0.25) is 0 Å². The van der Waals surface area contributed by atoms with Gasteiger partial charge in [-0.15, -0.1) is 0 Å². The first-order valence-electron chi connectivity index (χ1n) is 6.89. The van der Waals surface area contributed by atoms with Gasteiger partial charge in [0.2, 0.25) is 0 Å². The SMILES string of the molecule is CCOC1CCCC[C@H]1N(CC)C(C)(C)C. The first kappa shape index (κ1) is 14.0. The molecular weight excluding hydrogens is 198 g/mol. The zero-order chi connectivity index (χ0) is 12.2. The third-order valence-electron chi connectivity index (χ3n) is 3.65. The van der Waals surface area contributed by atoms with Crippen molar-refractivity contribution >= 4 is 0 Å². The van der Waals surface area contributed by atoms with Crippen LogP contribution in [0.15, 0.2) is 0 Å². The number of nitrogens with zero attached hydrogens (tertiary/aromatic N) is 1. The van der Waals surface area contributed by atoms with Crippen molar-refractivity contribution in [1.29, 1.82) is 0 Å². The Bertz CT molecular complexity index is 195. The lowest BCUT2D eigenvalue weighted by molar-refractivity contribution is -0.0568. The Morgan fingerprint density at radius 3 is 2.25 bits per heavy atom. The van der Waals surface area contributed by atoms with Crippen LogP contribution in [0.4, 0.5) is 0 Å². The standard InChI is InChI=1S/C14H29NO/c1-6-15(14(3,4)5)12-10-8-9-11-13(12)16-7-2/h12-13H,6-11H2,1-5H3/t12-,13?/m1/s1. The largest absolute Gasteiger partial charge is 0.377 e. The molecule has 0 heterocycles. The molecule has 0 saturated heterocycles. The molecule has 0 aromatic carbocycles. The molecule has 1 aliphatic rings. The van der Waals surface area contributed by atoms with Gasteiger partial charge in [0.15, 0.2) is 0 Å². The molecule has 1 saturated carbocycles. The van der Waals surface area contributed by atoms with Crippen molar-refractivity contribution in [2.24, 2.45) is 0 Å². The van der Waals surface area contributed by atoms with Crippen molar-refractivity contribution < 1.29 is 4.74 Å². The van der Waals surface area contributed by atoms with Crippen molar-refractivity contribution in [3.8, 4) is 0 Å². The van der Waals surface area contributed by atoms with Crippen LogP contribution >= 0.6 is 0 Å². The molecule has 2 atom stereocenters. The molecular formula is C14H29NO. The second-order valence-electron chi connectivity index (χ2n) is 5.80. The summed E-state index contributed by atoms with van der Waals surface area (Å²) < 4.78 is 5.93. The molecule has 2 heteroatoms. The minimum absolute atomic E-state index is 0.256. The first-order chi connectivity index (χ1) is 7.50. The predicted molar refractivity (Wildman–Crippen MR) is 69.8 cm³/mol. The predicted octanol–water partition coefficient (Wildman–Crippen LogP) is 3.45. The number of ether oxygens (including phenoxy) is 1. The monoisotopic (exact) mass is 227 g/mol. The van der Waals surface area contributed by atoms with Crippen molar-refractivity contribution in [2.45, 2.75) is 78.0 Å². The van der Waals surface area contributed by atoms with E-state index in [1.807, 2.05) is 0 Å². The van der Waals surface area contributed by atoms with E-state index in [1.54, 1.807) is 0 Å². The van der Waals surface area contributed by atoms with Gasteiger partial charge in [-0.2, -0.15) is 0 Å².